The van der Waals surface area contributed by atoms with E-state index in [0.717, 1.165) is 54.0 Å². The number of anilines is 3. The summed E-state index contributed by atoms with van der Waals surface area (Å²) in [5.74, 6) is -0.550. The number of rotatable bonds is 16. The second kappa shape index (κ2) is 27.7. The molecule has 1 unspecified atom stereocenters. The van der Waals surface area contributed by atoms with E-state index >= 15 is 0 Å². The first-order chi connectivity index (χ1) is 42.5. The summed E-state index contributed by atoms with van der Waals surface area (Å²) in [6.45, 7) is 9.04. The number of hydrogen-bond acceptors (Lipinski definition) is 18. The molecule has 89 heavy (non-hydrogen) atoms. The first-order valence-corrected chi connectivity index (χ1v) is 34.6. The van der Waals surface area contributed by atoms with Crippen LogP contribution >= 0.6 is 34.8 Å². The molecule has 0 bridgehead atoms. The van der Waals surface area contributed by atoms with Crippen molar-refractivity contribution in [2.75, 3.05) is 66.7 Å². The Bertz CT molecular complexity index is 4380. The van der Waals surface area contributed by atoms with Crippen molar-refractivity contribution in [2.45, 2.75) is 96.0 Å². The molecule has 474 valence electrons. The maximum absolute atomic E-state index is 14.4. The van der Waals surface area contributed by atoms with Gasteiger partial charge in [-0.15, -0.1) is 0 Å². The number of piperidine rings is 3. The molecule has 9 aromatic heterocycles. The van der Waals surface area contributed by atoms with Crippen LogP contribution < -0.4 is 16.0 Å². The van der Waals surface area contributed by atoms with Gasteiger partial charge in [-0.05, 0) is 83.9 Å². The summed E-state index contributed by atoms with van der Waals surface area (Å²) in [6.07, 6.45) is 17.8. The highest BCUT2D eigenvalue weighted by Gasteiger charge is 2.33. The molecule has 3 atom stereocenters. The molecule has 0 radical (unpaired) electrons. The van der Waals surface area contributed by atoms with E-state index in [1.807, 2.05) is 6.92 Å². The van der Waals surface area contributed by atoms with Crippen LogP contribution in [0.5, 0.6) is 0 Å². The van der Waals surface area contributed by atoms with Crippen LogP contribution in [0, 0.1) is 17.5 Å². The van der Waals surface area contributed by atoms with Gasteiger partial charge in [0.05, 0.1) is 50.4 Å². The molecule has 33 heteroatoms. The van der Waals surface area contributed by atoms with Crippen LogP contribution in [0.4, 0.5) is 30.6 Å². The Kier molecular flexibility index (Phi) is 20.2. The maximum atomic E-state index is 14.4. The molecule has 0 saturated carbocycles. The fraction of sp³-hybridized carbons (Fsp3) is 0.411. The Hall–Kier alpha value is -6.90. The zero-order valence-electron chi connectivity index (χ0n) is 48.7. The second-order valence-corrected chi connectivity index (χ2v) is 29.9. The Morgan fingerprint density at radius 3 is 1.19 bits per heavy atom. The standard InChI is InChI=1S/2C19H22ClFN6O2S.C18H20ClFN6O2S/c1-11(2)30(28,29)27-5-3-4-13(10-27)25-19-16(21)9-24-18(26-19)15-8-23-17-14(15)6-12(20)7-22-17;1-2-6-30(28,29)27-5-3-4-13(11-27)25-19-16(21)10-24-18(26-19)15-9-23-17-14(15)7-12(20)8-22-17;1-2-29(27,28)26-5-3-4-12(10-26)24-18-15(20)9-23-17(25-18)14-8-22-16-13(14)6-11(19)7-21-16/h6-9,11,13H,3-5,10H2,1-2H3,(H,22,23)(H,24,25,26);7-10,13H,2-6,11H2,1H3,(H,22,23)(H,24,25,26);6-9,12H,2-5,10H2,1H3,(H,21,22)(H,23,24,25)/t13-;;12-/m1.1/s1. The van der Waals surface area contributed by atoms with E-state index in [1.165, 1.54) is 31.5 Å². The predicted molar refractivity (Wildman–Crippen MR) is 339 cm³/mol. The Labute approximate surface area is 526 Å². The molecular weight excluding hydrogens is 1280 g/mol. The van der Waals surface area contributed by atoms with Gasteiger partial charge in [-0.25, -0.2) is 83.3 Å². The van der Waals surface area contributed by atoms with Crippen molar-refractivity contribution in [1.82, 2.24) is 72.7 Å². The van der Waals surface area contributed by atoms with Gasteiger partial charge >= 0.3 is 0 Å². The zero-order chi connectivity index (χ0) is 63.4. The molecule has 12 heterocycles. The first-order valence-electron chi connectivity index (χ1n) is 28.7. The van der Waals surface area contributed by atoms with Crippen LogP contribution in [0.25, 0.3) is 67.3 Å². The monoisotopic (exact) mass is 1340 g/mol. The van der Waals surface area contributed by atoms with E-state index in [9.17, 15) is 38.4 Å². The van der Waals surface area contributed by atoms with Gasteiger partial charge in [-0.2, -0.15) is 12.9 Å². The lowest BCUT2D eigenvalue weighted by Gasteiger charge is -2.33. The summed E-state index contributed by atoms with van der Waals surface area (Å²) in [5, 5.41) is 12.3. The van der Waals surface area contributed by atoms with Gasteiger partial charge in [0, 0.05) is 127 Å². The fourth-order valence-electron chi connectivity index (χ4n) is 10.6. The van der Waals surface area contributed by atoms with E-state index in [-0.39, 0.29) is 66.7 Å². The smallest absolute Gasteiger partial charge is 0.216 e. The summed E-state index contributed by atoms with van der Waals surface area (Å²) in [7, 11) is -9.95. The number of pyridine rings is 3. The van der Waals surface area contributed by atoms with Crippen molar-refractivity contribution >= 4 is 115 Å². The van der Waals surface area contributed by atoms with E-state index in [1.54, 1.807) is 57.6 Å². The third kappa shape index (κ3) is 15.1. The molecule has 3 aliphatic heterocycles. The average Bonchev–Trinajstić information content (AvgIpc) is 2.40. The normalized spacial score (nSPS) is 18.2. The molecule has 0 aromatic carbocycles. The lowest BCUT2D eigenvalue weighted by atomic mass is 10.1. The molecule has 12 rings (SSSR count). The number of aromatic nitrogens is 12. The second-order valence-electron chi connectivity index (χ2n) is 21.8. The van der Waals surface area contributed by atoms with Crippen molar-refractivity contribution in [2.24, 2.45) is 0 Å². The minimum absolute atomic E-state index is 0.0399. The third-order valence-corrected chi connectivity index (χ3v) is 21.9. The Morgan fingerprint density at radius 1 is 0.517 bits per heavy atom. The highest BCUT2D eigenvalue weighted by molar-refractivity contribution is 7.89. The zero-order valence-corrected chi connectivity index (χ0v) is 53.4. The number of hydrogen-bond donors (Lipinski definition) is 6. The number of fused-ring (bicyclic) bond motifs is 3. The third-order valence-electron chi connectivity index (χ3n) is 15.2. The summed E-state index contributed by atoms with van der Waals surface area (Å²) in [5.41, 5.74) is 3.82. The molecule has 0 spiro atoms. The van der Waals surface area contributed by atoms with E-state index in [2.05, 4.69) is 75.8 Å². The van der Waals surface area contributed by atoms with Crippen LogP contribution in [0.2, 0.25) is 15.1 Å². The van der Waals surface area contributed by atoms with E-state index in [0.29, 0.717) is 111 Å². The molecule has 24 nitrogen and oxygen atoms in total. The fourth-order valence-corrected chi connectivity index (χ4v) is 15.3. The van der Waals surface area contributed by atoms with Crippen molar-refractivity contribution in [3.63, 3.8) is 0 Å². The van der Waals surface area contributed by atoms with Crippen molar-refractivity contribution in [3.8, 4) is 34.2 Å². The summed E-state index contributed by atoms with van der Waals surface area (Å²) in [6, 6.07) is 4.51. The summed E-state index contributed by atoms with van der Waals surface area (Å²) >= 11 is 18.1. The van der Waals surface area contributed by atoms with Gasteiger partial charge in [0.2, 0.25) is 30.1 Å². The average molecular weight is 1340 g/mol. The molecule has 3 saturated heterocycles. The molecular formula is C56H64Cl3F3N18O6S3. The molecule has 9 aromatic rings. The van der Waals surface area contributed by atoms with Gasteiger partial charge < -0.3 is 30.9 Å². The molecule has 3 aliphatic rings. The Balaban J connectivity index is 0.000000147. The predicted octanol–water partition coefficient (Wildman–Crippen LogP) is 9.89. The van der Waals surface area contributed by atoms with Crippen LogP contribution in [0.3, 0.4) is 0 Å². The number of aromatic amines is 3. The minimum atomic E-state index is -3.36. The SMILES string of the molecule is CC(C)S(=O)(=O)N1CCC[C@@H](Nc2nc(-c3c[nH]c4ncc(Cl)cc34)ncc2F)C1.CCCS(=O)(=O)N1CCCC(Nc2nc(-c3c[nH]c4ncc(Cl)cc34)ncc2F)C1.CCS(=O)(=O)N1CCC[C@@H](Nc2nc(-c3c[nH]c4ncc(Cl)cc34)ncc2F)C1. The van der Waals surface area contributed by atoms with Crippen LogP contribution in [-0.2, 0) is 30.1 Å². The van der Waals surface area contributed by atoms with Gasteiger partial charge in [-0.1, -0.05) is 41.7 Å². The number of nitrogens with zero attached hydrogens (tertiary/aromatic N) is 12. The van der Waals surface area contributed by atoms with Crippen LogP contribution in [-0.4, -0.2) is 172 Å². The first kappa shape index (κ1) is 65.1. The van der Waals surface area contributed by atoms with Crippen molar-refractivity contribution in [1.29, 1.82) is 0 Å². The highest BCUT2D eigenvalue weighted by atomic mass is 35.5. The highest BCUT2D eigenvalue weighted by Crippen LogP contribution is 2.33. The van der Waals surface area contributed by atoms with Crippen molar-refractivity contribution in [3.05, 3.63) is 106 Å². The molecule has 3 fully saturated rings. The Morgan fingerprint density at radius 2 is 0.854 bits per heavy atom. The van der Waals surface area contributed by atoms with E-state index in [4.69, 9.17) is 34.8 Å². The van der Waals surface area contributed by atoms with Gasteiger partial charge in [0.25, 0.3) is 0 Å². The molecule has 6 N–H and O–H groups in total. The number of halogens is 6. The molecule has 0 amide bonds. The summed E-state index contributed by atoms with van der Waals surface area (Å²) < 4.78 is 122. The number of H-pyrrole nitrogens is 3. The van der Waals surface area contributed by atoms with Gasteiger partial charge in [-0.3, -0.25) is 0 Å². The topological polar surface area (TPSA) is 312 Å². The largest absolute Gasteiger partial charge is 0.363 e. The number of nitrogens with one attached hydrogen (secondary N) is 6. The summed E-state index contributed by atoms with van der Waals surface area (Å²) in [4.78, 5) is 47.1. The van der Waals surface area contributed by atoms with Crippen LogP contribution in [0.1, 0.15) is 72.6 Å². The van der Waals surface area contributed by atoms with E-state index < -0.39 is 52.8 Å². The van der Waals surface area contributed by atoms with Crippen LogP contribution in [0.15, 0.2) is 74.0 Å². The molecule has 0 aliphatic carbocycles. The maximum Gasteiger partial charge on any atom is 0.216 e. The van der Waals surface area contributed by atoms with Gasteiger partial charge in [0.1, 0.15) is 16.9 Å². The lowest BCUT2D eigenvalue weighted by molar-refractivity contribution is 0.323. The van der Waals surface area contributed by atoms with Crippen molar-refractivity contribution < 1.29 is 38.4 Å². The minimum Gasteiger partial charge on any atom is -0.363 e. The van der Waals surface area contributed by atoms with Gasteiger partial charge in [0.15, 0.2) is 52.4 Å². The quantitative estimate of drug-likeness (QED) is 0.0524. The lowest BCUT2D eigenvalue weighted by Crippen LogP contribution is -2.47. The number of sulfonamides is 3.